The Morgan fingerprint density at radius 3 is 1.74 bits per heavy atom. The molecule has 2 fully saturated rings. The van der Waals surface area contributed by atoms with Crippen LogP contribution in [0, 0.1) is 27.7 Å². The Bertz CT molecular complexity index is 2610. The third-order valence-electron chi connectivity index (χ3n) is 11.3. The van der Waals surface area contributed by atoms with E-state index in [1.54, 1.807) is 35.9 Å². The molecule has 2 aliphatic heterocycles. The number of nitrogens with one attached hydrogen (secondary N) is 3. The maximum Gasteiger partial charge on any atom is 0.337 e. The zero-order chi connectivity index (χ0) is 44.1. The lowest BCUT2D eigenvalue weighted by Crippen LogP contribution is -2.45. The van der Waals surface area contributed by atoms with Gasteiger partial charge in [0.1, 0.15) is 0 Å². The van der Waals surface area contributed by atoms with Crippen molar-refractivity contribution in [3.05, 3.63) is 128 Å². The van der Waals surface area contributed by atoms with Crippen molar-refractivity contribution in [2.45, 2.75) is 91.1 Å². The standard InChI is InChI=1S/C23H27N3O3S.C15H20N2.C8H9NO4S.ClH/c1-15-12-16(2)24-21-14-17(13-19(15)21)22-10-6-7-11-26(22)23(27)18-8-4-5-9-20(18)25-30(3,28)29;1-10-7-11(2)17-15-9-12(8-13(10)15)14-5-3-4-6-16-14;1-14(12,13)9-7-5-3-2-4-6(7)8(10)11;/h4-5,8-9,12,14,22,25H,6-7,10-11,13H2,1-3H3;7,9,14,16H,3-6,8H2,1-2H3;2-5,9H,1H3,(H,10,11);1H/t22-;14-;;/m00../s1. The summed E-state index contributed by atoms with van der Waals surface area (Å²) in [7, 11) is -6.93. The first-order valence-electron chi connectivity index (χ1n) is 20.6. The van der Waals surface area contributed by atoms with E-state index < -0.39 is 26.0 Å². The molecule has 4 aromatic rings. The third-order valence-corrected chi connectivity index (χ3v) is 12.5. The number of rotatable bonds is 8. The zero-order valence-electron chi connectivity index (χ0n) is 36.1. The fraction of sp³-hybridized carbons (Fsp3) is 0.391. The number of sulfonamides is 2. The number of amides is 1. The van der Waals surface area contributed by atoms with Gasteiger partial charge in [-0.2, -0.15) is 0 Å². The van der Waals surface area contributed by atoms with Gasteiger partial charge in [-0.3, -0.25) is 24.2 Å². The minimum absolute atomic E-state index is 0. The lowest BCUT2D eigenvalue weighted by atomic mass is 9.92. The molecular weight excluding hydrogens is 848 g/mol. The van der Waals surface area contributed by atoms with Crippen molar-refractivity contribution < 1.29 is 31.5 Å². The number of carbonyl (C=O) groups excluding carboxylic acids is 1. The number of pyridine rings is 2. The van der Waals surface area contributed by atoms with Crippen LogP contribution in [0.3, 0.4) is 0 Å². The Morgan fingerprint density at radius 1 is 0.710 bits per heavy atom. The average molecular weight is 906 g/mol. The molecule has 0 unspecified atom stereocenters. The summed E-state index contributed by atoms with van der Waals surface area (Å²) in [6.07, 6.45) is 15.3. The molecule has 0 radical (unpaired) electrons. The number of aryl methyl sites for hydroxylation is 4. The second-order valence-electron chi connectivity index (χ2n) is 16.3. The van der Waals surface area contributed by atoms with Gasteiger partial charge in [0.2, 0.25) is 20.0 Å². The highest BCUT2D eigenvalue weighted by molar-refractivity contribution is 7.92. The van der Waals surface area contributed by atoms with E-state index in [1.807, 2.05) is 11.8 Å². The zero-order valence-corrected chi connectivity index (χ0v) is 38.6. The molecule has 16 heteroatoms. The highest BCUT2D eigenvalue weighted by Gasteiger charge is 2.34. The number of fused-ring (bicyclic) bond motifs is 2. The van der Waals surface area contributed by atoms with E-state index in [0.29, 0.717) is 23.8 Å². The predicted octanol–water partition coefficient (Wildman–Crippen LogP) is 7.66. The van der Waals surface area contributed by atoms with Crippen LogP contribution in [-0.2, 0) is 32.9 Å². The van der Waals surface area contributed by atoms with Crippen LogP contribution in [0.5, 0.6) is 0 Å². The van der Waals surface area contributed by atoms with Gasteiger partial charge >= 0.3 is 5.97 Å². The SMILES string of the molecule is CS(=O)(=O)Nc1ccccc1C(=O)O.Cc1cc(C)c2c(n1)C=C([C@@H]1CCCCN1)C2.Cc1cc(C)c2c(n1)C=C([C@@H]1CCCCN1C(=O)c1ccccc1NS(C)(=O)=O)C2.Cl. The predicted molar refractivity (Wildman–Crippen MR) is 249 cm³/mol. The van der Waals surface area contributed by atoms with E-state index in [2.05, 4.69) is 69.8 Å². The van der Waals surface area contributed by atoms with E-state index in [4.69, 9.17) is 5.11 Å². The Labute approximate surface area is 372 Å². The molecule has 4 heterocycles. The van der Waals surface area contributed by atoms with Crippen LogP contribution in [0.2, 0.25) is 0 Å². The largest absolute Gasteiger partial charge is 0.478 e. The third kappa shape index (κ3) is 12.3. The van der Waals surface area contributed by atoms with Gasteiger partial charge in [0.05, 0.1) is 52.4 Å². The molecule has 2 atom stereocenters. The summed E-state index contributed by atoms with van der Waals surface area (Å²) in [4.78, 5) is 35.4. The number of hydrogen-bond donors (Lipinski definition) is 4. The van der Waals surface area contributed by atoms with Crippen LogP contribution in [0.25, 0.3) is 12.2 Å². The summed E-state index contributed by atoms with van der Waals surface area (Å²) < 4.78 is 49.9. The van der Waals surface area contributed by atoms with Crippen molar-refractivity contribution in [1.29, 1.82) is 0 Å². The average Bonchev–Trinajstić information content (AvgIpc) is 3.83. The second-order valence-corrected chi connectivity index (χ2v) is 19.8. The Hall–Kier alpha value is -5.09. The molecule has 0 spiro atoms. The number of nitrogens with zero attached hydrogens (tertiary/aromatic N) is 3. The number of carboxylic acid groups (broad SMARTS) is 1. The van der Waals surface area contributed by atoms with Crippen LogP contribution in [-0.4, -0.2) is 86.4 Å². The van der Waals surface area contributed by atoms with Crippen LogP contribution < -0.4 is 14.8 Å². The van der Waals surface area contributed by atoms with Crippen molar-refractivity contribution in [3.8, 4) is 0 Å². The number of piperidine rings is 2. The van der Waals surface area contributed by atoms with E-state index in [1.165, 1.54) is 77.5 Å². The monoisotopic (exact) mass is 904 g/mol. The summed E-state index contributed by atoms with van der Waals surface area (Å²) in [5.41, 5.74) is 13.2. The molecule has 4 aliphatic rings. The molecule has 1 amide bonds. The number of aromatic nitrogens is 2. The quantitative estimate of drug-likeness (QED) is 0.137. The van der Waals surface area contributed by atoms with Gasteiger partial charge in [0, 0.05) is 24.0 Å². The van der Waals surface area contributed by atoms with Crippen LogP contribution in [0.4, 0.5) is 11.4 Å². The number of aromatic carboxylic acids is 1. The first kappa shape index (κ1) is 48.0. The lowest BCUT2D eigenvalue weighted by molar-refractivity contribution is 0.0651. The van der Waals surface area contributed by atoms with E-state index >= 15 is 0 Å². The topological polar surface area (TPSA) is 188 Å². The summed E-state index contributed by atoms with van der Waals surface area (Å²) in [5, 5.41) is 12.4. The molecule has 13 nitrogen and oxygen atoms in total. The van der Waals surface area contributed by atoms with Gasteiger partial charge in [-0.25, -0.2) is 21.6 Å². The number of para-hydroxylation sites is 2. The number of likely N-dealkylation sites (tertiary alicyclic amines) is 1. The molecule has 0 saturated carbocycles. The van der Waals surface area contributed by atoms with Crippen molar-refractivity contribution in [2.75, 3.05) is 35.0 Å². The van der Waals surface area contributed by atoms with Crippen molar-refractivity contribution in [1.82, 2.24) is 20.2 Å². The van der Waals surface area contributed by atoms with Gasteiger partial charge in [0.15, 0.2) is 0 Å². The highest BCUT2D eigenvalue weighted by atomic mass is 35.5. The molecule has 2 aliphatic carbocycles. The molecule has 4 N–H and O–H groups in total. The highest BCUT2D eigenvalue weighted by Crippen LogP contribution is 2.35. The van der Waals surface area contributed by atoms with Crippen molar-refractivity contribution >= 4 is 67.9 Å². The number of halogens is 1. The molecule has 2 aromatic carbocycles. The lowest BCUT2D eigenvalue weighted by Gasteiger charge is -2.37. The second kappa shape index (κ2) is 20.4. The van der Waals surface area contributed by atoms with Gasteiger partial charge < -0.3 is 15.3 Å². The van der Waals surface area contributed by atoms with E-state index in [0.717, 1.165) is 61.7 Å². The van der Waals surface area contributed by atoms with Gasteiger partial charge in [-0.1, -0.05) is 30.7 Å². The van der Waals surface area contributed by atoms with Crippen LogP contribution in [0.1, 0.15) is 104 Å². The maximum atomic E-state index is 13.5. The first-order chi connectivity index (χ1) is 28.9. The summed E-state index contributed by atoms with van der Waals surface area (Å²) in [5.74, 6) is -1.30. The molecule has 2 aromatic heterocycles. The number of benzene rings is 2. The van der Waals surface area contributed by atoms with Gasteiger partial charge in [0.25, 0.3) is 5.91 Å². The molecule has 0 bridgehead atoms. The normalized spacial score (nSPS) is 17.9. The fourth-order valence-corrected chi connectivity index (χ4v) is 9.74. The smallest absolute Gasteiger partial charge is 0.337 e. The number of anilines is 2. The Morgan fingerprint density at radius 2 is 1.21 bits per heavy atom. The van der Waals surface area contributed by atoms with E-state index in [9.17, 15) is 26.4 Å². The Kier molecular flexibility index (Phi) is 15.8. The van der Waals surface area contributed by atoms with E-state index in [-0.39, 0.29) is 35.6 Å². The summed E-state index contributed by atoms with van der Waals surface area (Å²) in [6, 6.07) is 17.5. The first-order valence-corrected chi connectivity index (χ1v) is 24.4. The molecular formula is C46H57ClN6O7S2. The molecule has 8 rings (SSSR count). The minimum atomic E-state index is -3.48. The van der Waals surface area contributed by atoms with Crippen LogP contribution >= 0.6 is 12.4 Å². The molecule has 62 heavy (non-hydrogen) atoms. The summed E-state index contributed by atoms with van der Waals surface area (Å²) >= 11 is 0. The fourth-order valence-electron chi connectivity index (χ4n) is 8.58. The Balaban J connectivity index is 0.000000192. The van der Waals surface area contributed by atoms with Gasteiger partial charge in [-0.15, -0.1) is 12.4 Å². The maximum absolute atomic E-state index is 13.5. The van der Waals surface area contributed by atoms with Gasteiger partial charge in [-0.05, 0) is 161 Å². The van der Waals surface area contributed by atoms with Crippen LogP contribution in [0.15, 0.2) is 71.8 Å². The summed E-state index contributed by atoms with van der Waals surface area (Å²) in [6.45, 7) is 10.2. The number of carbonyl (C=O) groups is 2. The number of hydrogen-bond acceptors (Lipinski definition) is 9. The molecule has 332 valence electrons. The molecule has 2 saturated heterocycles. The minimum Gasteiger partial charge on any atom is -0.478 e. The van der Waals surface area contributed by atoms with Crippen molar-refractivity contribution in [3.63, 3.8) is 0 Å². The number of carboxylic acids is 1. The van der Waals surface area contributed by atoms with Crippen molar-refractivity contribution in [2.24, 2.45) is 0 Å².